The molecule has 1 aromatic rings. The highest BCUT2D eigenvalue weighted by molar-refractivity contribution is 6.30. The smallest absolute Gasteiger partial charge is 0.125 e. The lowest BCUT2D eigenvalue weighted by atomic mass is 10.1. The van der Waals surface area contributed by atoms with Crippen LogP contribution in [0.1, 0.15) is 38.4 Å². The van der Waals surface area contributed by atoms with Gasteiger partial charge < -0.3 is 19.7 Å². The highest BCUT2D eigenvalue weighted by Crippen LogP contribution is 2.28. The first kappa shape index (κ1) is 17.2. The molecule has 0 amide bonds. The third-order valence-electron chi connectivity index (χ3n) is 2.81. The molecular formula is C15H23ClO4. The van der Waals surface area contributed by atoms with Gasteiger partial charge in [-0.3, -0.25) is 0 Å². The average molecular weight is 303 g/mol. The highest BCUT2D eigenvalue weighted by atomic mass is 35.5. The number of rotatable bonds is 9. The summed E-state index contributed by atoms with van der Waals surface area (Å²) in [7, 11) is 0. The SMILES string of the molecule is CCCCOCC(O)COc1ccc(Cl)cc1C(C)O. The average Bonchev–Trinajstić information content (AvgIpc) is 2.42. The third kappa shape index (κ3) is 6.09. The number of aliphatic hydroxyl groups is 2. The Bertz CT molecular complexity index is 395. The minimum Gasteiger partial charge on any atom is -0.490 e. The predicted octanol–water partition coefficient (Wildman–Crippen LogP) is 2.95. The summed E-state index contributed by atoms with van der Waals surface area (Å²) < 4.78 is 10.8. The lowest BCUT2D eigenvalue weighted by Crippen LogP contribution is -2.24. The van der Waals surface area contributed by atoms with Crippen LogP contribution in [0.25, 0.3) is 0 Å². The van der Waals surface area contributed by atoms with E-state index < -0.39 is 12.2 Å². The third-order valence-corrected chi connectivity index (χ3v) is 3.04. The van der Waals surface area contributed by atoms with Crippen molar-refractivity contribution in [2.45, 2.75) is 38.9 Å². The van der Waals surface area contributed by atoms with Crippen LogP contribution in [0.5, 0.6) is 5.75 Å². The predicted molar refractivity (Wildman–Crippen MR) is 79.3 cm³/mol. The summed E-state index contributed by atoms with van der Waals surface area (Å²) in [6.45, 7) is 4.74. The molecule has 0 radical (unpaired) electrons. The molecule has 0 spiro atoms. The van der Waals surface area contributed by atoms with E-state index in [0.29, 0.717) is 22.9 Å². The molecule has 0 aliphatic heterocycles. The number of ether oxygens (including phenoxy) is 2. The van der Waals surface area contributed by atoms with E-state index in [4.69, 9.17) is 21.1 Å². The van der Waals surface area contributed by atoms with Crippen LogP contribution in [0.15, 0.2) is 18.2 Å². The zero-order valence-corrected chi connectivity index (χ0v) is 12.8. The van der Waals surface area contributed by atoms with Crippen molar-refractivity contribution in [3.05, 3.63) is 28.8 Å². The van der Waals surface area contributed by atoms with Gasteiger partial charge in [0.15, 0.2) is 0 Å². The fraction of sp³-hybridized carbons (Fsp3) is 0.600. The van der Waals surface area contributed by atoms with Gasteiger partial charge in [-0.25, -0.2) is 0 Å². The van der Waals surface area contributed by atoms with E-state index in [1.165, 1.54) is 0 Å². The first-order valence-electron chi connectivity index (χ1n) is 6.90. The van der Waals surface area contributed by atoms with Crippen molar-refractivity contribution >= 4 is 11.6 Å². The summed E-state index contributed by atoms with van der Waals surface area (Å²) in [6.07, 6.45) is 0.678. The van der Waals surface area contributed by atoms with Crippen molar-refractivity contribution in [1.82, 2.24) is 0 Å². The van der Waals surface area contributed by atoms with Gasteiger partial charge in [-0.15, -0.1) is 0 Å². The standard InChI is InChI=1S/C15H23ClO4/c1-3-4-7-19-9-13(18)10-20-15-6-5-12(16)8-14(15)11(2)17/h5-6,8,11,13,17-18H,3-4,7,9-10H2,1-2H3. The van der Waals surface area contributed by atoms with Crippen molar-refractivity contribution in [2.75, 3.05) is 19.8 Å². The first-order chi connectivity index (χ1) is 9.54. The van der Waals surface area contributed by atoms with Crippen LogP contribution in [-0.4, -0.2) is 36.1 Å². The molecule has 0 heterocycles. The second kappa shape index (κ2) is 9.19. The van der Waals surface area contributed by atoms with E-state index in [1.807, 2.05) is 0 Å². The quantitative estimate of drug-likeness (QED) is 0.689. The van der Waals surface area contributed by atoms with Gasteiger partial charge in [-0.05, 0) is 31.5 Å². The maximum atomic E-state index is 9.76. The summed E-state index contributed by atoms with van der Waals surface area (Å²) in [5, 5.41) is 20.0. The number of hydrogen-bond donors (Lipinski definition) is 2. The molecule has 20 heavy (non-hydrogen) atoms. The molecule has 2 N–H and O–H groups in total. The highest BCUT2D eigenvalue weighted by Gasteiger charge is 2.12. The number of benzene rings is 1. The molecule has 0 aromatic heterocycles. The summed E-state index contributed by atoms with van der Waals surface area (Å²) in [4.78, 5) is 0. The maximum absolute atomic E-state index is 9.76. The Morgan fingerprint density at radius 1 is 1.25 bits per heavy atom. The Labute approximate surface area is 125 Å². The van der Waals surface area contributed by atoms with Gasteiger partial charge in [-0.2, -0.15) is 0 Å². The van der Waals surface area contributed by atoms with E-state index in [-0.39, 0.29) is 13.2 Å². The lowest BCUT2D eigenvalue weighted by molar-refractivity contribution is 0.0107. The monoisotopic (exact) mass is 302 g/mol. The van der Waals surface area contributed by atoms with Gasteiger partial charge >= 0.3 is 0 Å². The molecule has 2 atom stereocenters. The van der Waals surface area contributed by atoms with Crippen LogP contribution in [0.3, 0.4) is 0 Å². The topological polar surface area (TPSA) is 58.9 Å². The normalized spacial score (nSPS) is 14.1. The van der Waals surface area contributed by atoms with Crippen LogP contribution in [0, 0.1) is 0 Å². The van der Waals surface area contributed by atoms with Gasteiger partial charge in [-0.1, -0.05) is 24.9 Å². The molecule has 4 nitrogen and oxygen atoms in total. The molecule has 0 aliphatic carbocycles. The minimum absolute atomic E-state index is 0.119. The Morgan fingerprint density at radius 2 is 2.00 bits per heavy atom. The Kier molecular flexibility index (Phi) is 7.92. The number of hydrogen-bond acceptors (Lipinski definition) is 4. The van der Waals surface area contributed by atoms with Crippen molar-refractivity contribution in [2.24, 2.45) is 0 Å². The van der Waals surface area contributed by atoms with Crippen molar-refractivity contribution in [3.8, 4) is 5.75 Å². The Balaban J connectivity index is 2.44. The molecule has 0 aliphatic rings. The van der Waals surface area contributed by atoms with E-state index in [0.717, 1.165) is 12.8 Å². The van der Waals surface area contributed by atoms with Crippen LogP contribution in [0.4, 0.5) is 0 Å². The molecule has 0 fully saturated rings. The van der Waals surface area contributed by atoms with E-state index >= 15 is 0 Å². The Hall–Kier alpha value is -0.810. The van der Waals surface area contributed by atoms with Crippen LogP contribution in [-0.2, 0) is 4.74 Å². The minimum atomic E-state index is -0.690. The van der Waals surface area contributed by atoms with Gasteiger partial charge in [0.25, 0.3) is 0 Å². The van der Waals surface area contributed by atoms with Gasteiger partial charge in [0.1, 0.15) is 18.5 Å². The zero-order valence-electron chi connectivity index (χ0n) is 12.0. The molecule has 114 valence electrons. The van der Waals surface area contributed by atoms with Crippen molar-refractivity contribution in [1.29, 1.82) is 0 Å². The summed E-state index contributed by atoms with van der Waals surface area (Å²) in [5.74, 6) is 0.525. The van der Waals surface area contributed by atoms with Gasteiger partial charge in [0.2, 0.25) is 0 Å². The molecule has 0 saturated heterocycles. The maximum Gasteiger partial charge on any atom is 0.125 e. The van der Waals surface area contributed by atoms with Crippen LogP contribution >= 0.6 is 11.6 Å². The molecule has 1 aromatic carbocycles. The summed E-state index contributed by atoms with van der Waals surface area (Å²) in [6, 6.07) is 5.04. The fourth-order valence-corrected chi connectivity index (χ4v) is 1.86. The molecular weight excluding hydrogens is 280 g/mol. The van der Waals surface area contributed by atoms with Crippen LogP contribution < -0.4 is 4.74 Å². The van der Waals surface area contributed by atoms with Gasteiger partial charge in [0.05, 0.1) is 12.7 Å². The fourth-order valence-electron chi connectivity index (χ4n) is 1.68. The zero-order chi connectivity index (χ0) is 15.0. The molecule has 2 unspecified atom stereocenters. The molecule has 0 bridgehead atoms. The Morgan fingerprint density at radius 3 is 2.65 bits per heavy atom. The summed E-state index contributed by atoms with van der Waals surface area (Å²) in [5.41, 5.74) is 0.608. The molecule has 5 heteroatoms. The molecule has 1 rings (SSSR count). The second-order valence-electron chi connectivity index (χ2n) is 4.75. The van der Waals surface area contributed by atoms with Crippen molar-refractivity contribution in [3.63, 3.8) is 0 Å². The second-order valence-corrected chi connectivity index (χ2v) is 5.19. The first-order valence-corrected chi connectivity index (χ1v) is 7.28. The summed E-state index contributed by atoms with van der Waals surface area (Å²) >= 11 is 5.89. The lowest BCUT2D eigenvalue weighted by Gasteiger charge is -2.16. The number of halogens is 1. The molecule has 0 saturated carbocycles. The van der Waals surface area contributed by atoms with E-state index in [1.54, 1.807) is 25.1 Å². The number of aliphatic hydroxyl groups excluding tert-OH is 2. The van der Waals surface area contributed by atoms with Crippen molar-refractivity contribution < 1.29 is 19.7 Å². The largest absolute Gasteiger partial charge is 0.490 e. The van der Waals surface area contributed by atoms with Crippen LogP contribution in [0.2, 0.25) is 5.02 Å². The number of unbranched alkanes of at least 4 members (excludes halogenated alkanes) is 1. The van der Waals surface area contributed by atoms with E-state index in [2.05, 4.69) is 6.92 Å². The van der Waals surface area contributed by atoms with E-state index in [9.17, 15) is 10.2 Å². The van der Waals surface area contributed by atoms with Gasteiger partial charge in [0, 0.05) is 17.2 Å².